The van der Waals surface area contributed by atoms with Gasteiger partial charge in [-0.15, -0.1) is 0 Å². The first-order valence-electron chi connectivity index (χ1n) is 16.8. The highest BCUT2D eigenvalue weighted by Gasteiger charge is 2.71. The molecule has 0 heterocycles. The molecule has 8 atom stereocenters. The number of rotatable bonds is 4. The molecule has 2 unspecified atom stereocenters. The second kappa shape index (κ2) is 10.5. The van der Waals surface area contributed by atoms with Crippen LogP contribution in [0, 0.1) is 61.6 Å². The SMILES string of the molecule is COC(=O)[C@]12CCC(C)(C)CC1C1C(=O)C=C3[C@@]4(C)C=C(C#N)C(=O)[C@@](C)(COC(=O)c5ccccc5)[C@@H]4CC[C@@]3(C)[C@]1(C)CC2. The molecule has 0 bridgehead atoms. The number of benzene rings is 1. The van der Waals surface area contributed by atoms with Gasteiger partial charge in [-0.1, -0.05) is 64.5 Å². The Balaban J connectivity index is 1.44. The summed E-state index contributed by atoms with van der Waals surface area (Å²) in [4.78, 5) is 55.2. The lowest BCUT2D eigenvalue weighted by atomic mass is 9.34. The maximum atomic E-state index is 14.7. The third-order valence-electron chi connectivity index (χ3n) is 13.8. The van der Waals surface area contributed by atoms with Gasteiger partial charge in [-0.05, 0) is 98.2 Å². The summed E-state index contributed by atoms with van der Waals surface area (Å²) in [6.07, 6.45) is 8.84. The van der Waals surface area contributed by atoms with E-state index in [0.717, 1.165) is 31.3 Å². The molecular weight excluding hydrogens is 578 g/mol. The summed E-state index contributed by atoms with van der Waals surface area (Å²) in [5.41, 5.74) is -2.05. The molecule has 5 aliphatic rings. The highest BCUT2D eigenvalue weighted by atomic mass is 16.5. The van der Waals surface area contributed by atoms with E-state index < -0.39 is 33.0 Å². The summed E-state index contributed by atoms with van der Waals surface area (Å²) in [7, 11) is 1.46. The van der Waals surface area contributed by atoms with Crippen LogP contribution in [0.4, 0.5) is 0 Å². The van der Waals surface area contributed by atoms with Crippen LogP contribution in [-0.4, -0.2) is 37.2 Å². The zero-order chi connectivity index (χ0) is 33.5. The van der Waals surface area contributed by atoms with Crippen molar-refractivity contribution in [3.8, 4) is 6.07 Å². The van der Waals surface area contributed by atoms with Gasteiger partial charge in [-0.2, -0.15) is 5.26 Å². The van der Waals surface area contributed by atoms with Gasteiger partial charge in [0.1, 0.15) is 12.7 Å². The molecule has 7 nitrogen and oxygen atoms in total. The zero-order valence-electron chi connectivity index (χ0n) is 28.3. The molecule has 3 fully saturated rings. The van der Waals surface area contributed by atoms with E-state index in [1.165, 1.54) is 7.11 Å². The van der Waals surface area contributed by atoms with Gasteiger partial charge in [0.05, 0.1) is 29.1 Å². The van der Waals surface area contributed by atoms with Crippen molar-refractivity contribution < 1.29 is 28.7 Å². The minimum Gasteiger partial charge on any atom is -0.469 e. The number of esters is 2. The number of ketones is 2. The van der Waals surface area contributed by atoms with Crippen molar-refractivity contribution in [3.63, 3.8) is 0 Å². The predicted octanol–water partition coefficient (Wildman–Crippen LogP) is 7.22. The van der Waals surface area contributed by atoms with Crippen LogP contribution in [0.25, 0.3) is 0 Å². The predicted molar refractivity (Wildman–Crippen MR) is 172 cm³/mol. The number of carbonyl (C=O) groups excluding carboxylic acids is 4. The van der Waals surface area contributed by atoms with Crippen molar-refractivity contribution in [1.29, 1.82) is 5.26 Å². The van der Waals surface area contributed by atoms with Crippen molar-refractivity contribution in [2.24, 2.45) is 50.2 Å². The number of nitrogens with zero attached hydrogens (tertiary/aromatic N) is 1. The molecule has 5 aliphatic carbocycles. The summed E-state index contributed by atoms with van der Waals surface area (Å²) in [6.45, 7) is 12.7. The van der Waals surface area contributed by atoms with E-state index >= 15 is 0 Å². The van der Waals surface area contributed by atoms with E-state index in [2.05, 4.69) is 40.7 Å². The molecule has 6 rings (SSSR count). The van der Waals surface area contributed by atoms with E-state index in [0.29, 0.717) is 24.8 Å². The van der Waals surface area contributed by atoms with Crippen LogP contribution in [0.3, 0.4) is 0 Å². The third-order valence-corrected chi connectivity index (χ3v) is 13.8. The fraction of sp³-hybridized carbons (Fsp3) is 0.615. The summed E-state index contributed by atoms with van der Waals surface area (Å²) in [5.74, 6) is -1.74. The van der Waals surface area contributed by atoms with Crippen molar-refractivity contribution in [3.05, 3.63) is 59.2 Å². The Labute approximate surface area is 272 Å². The Bertz CT molecular complexity index is 1620. The molecule has 1 aromatic rings. The number of hydrogen-bond donors (Lipinski definition) is 0. The first-order chi connectivity index (χ1) is 21.5. The Morgan fingerprint density at radius 1 is 0.957 bits per heavy atom. The van der Waals surface area contributed by atoms with E-state index in [4.69, 9.17) is 9.47 Å². The van der Waals surface area contributed by atoms with Crippen molar-refractivity contribution >= 4 is 23.5 Å². The topological polar surface area (TPSA) is 111 Å². The lowest BCUT2D eigenvalue weighted by Crippen LogP contribution is -2.66. The summed E-state index contributed by atoms with van der Waals surface area (Å²) >= 11 is 0. The van der Waals surface area contributed by atoms with Crippen LogP contribution < -0.4 is 0 Å². The highest BCUT2D eigenvalue weighted by Crippen LogP contribution is 2.74. The number of fused-ring (bicyclic) bond motifs is 7. The number of allylic oxidation sites excluding steroid dienone is 4. The average Bonchev–Trinajstić information content (AvgIpc) is 3.02. The van der Waals surface area contributed by atoms with Gasteiger partial charge in [0.15, 0.2) is 11.6 Å². The molecule has 0 aromatic heterocycles. The Kier molecular flexibility index (Phi) is 7.39. The standard InChI is InChI=1S/C39H47NO6/c1-34(2)15-17-39(33(44)45-7)18-16-38(6)30(26(39)21-34)27(41)19-29-35(3)20-25(22-40)31(42)36(4,28(35)13-14-37(29,38)5)23-46-32(43)24-11-9-8-10-12-24/h8-12,19-20,26,28,30H,13-18,21,23H2,1-7H3/t26?,28-,30?,35+,36+,37-,38-,39+/m1/s1. The summed E-state index contributed by atoms with van der Waals surface area (Å²) < 4.78 is 11.2. The molecule has 0 amide bonds. The van der Waals surface area contributed by atoms with Gasteiger partial charge < -0.3 is 9.47 Å². The molecule has 0 saturated heterocycles. The second-order valence-corrected chi connectivity index (χ2v) is 16.5. The number of ether oxygens (including phenoxy) is 2. The fourth-order valence-corrected chi connectivity index (χ4v) is 11.1. The average molecular weight is 626 g/mol. The largest absolute Gasteiger partial charge is 0.469 e. The minimum absolute atomic E-state index is 0.00240. The normalized spacial score (nSPS) is 40.9. The molecule has 3 saturated carbocycles. The number of hydrogen-bond acceptors (Lipinski definition) is 7. The molecule has 46 heavy (non-hydrogen) atoms. The van der Waals surface area contributed by atoms with Gasteiger partial charge in [-0.25, -0.2) is 4.79 Å². The van der Waals surface area contributed by atoms with Gasteiger partial charge in [0, 0.05) is 11.3 Å². The first-order valence-corrected chi connectivity index (χ1v) is 16.8. The molecule has 0 aliphatic heterocycles. The number of nitriles is 1. The quantitative estimate of drug-likeness (QED) is 0.325. The smallest absolute Gasteiger partial charge is 0.338 e. The Morgan fingerprint density at radius 2 is 1.63 bits per heavy atom. The third kappa shape index (κ3) is 4.27. The van der Waals surface area contributed by atoms with Crippen LogP contribution >= 0.6 is 0 Å². The first kappa shape index (κ1) is 32.4. The lowest BCUT2D eigenvalue weighted by molar-refractivity contribution is -0.191. The van der Waals surface area contributed by atoms with E-state index in [1.54, 1.807) is 30.3 Å². The summed E-state index contributed by atoms with van der Waals surface area (Å²) in [5, 5.41) is 10.2. The Morgan fingerprint density at radius 3 is 2.28 bits per heavy atom. The highest BCUT2D eigenvalue weighted by molar-refractivity contribution is 6.05. The van der Waals surface area contributed by atoms with Crippen LogP contribution in [0.2, 0.25) is 0 Å². The molecule has 7 heteroatoms. The number of methoxy groups -OCH3 is 1. The van der Waals surface area contributed by atoms with Gasteiger partial charge in [0.25, 0.3) is 0 Å². The molecule has 0 N–H and O–H groups in total. The van der Waals surface area contributed by atoms with Crippen LogP contribution in [0.1, 0.15) is 96.8 Å². The monoisotopic (exact) mass is 625 g/mol. The number of carbonyl (C=O) groups is 4. The Hall–Kier alpha value is -3.53. The maximum Gasteiger partial charge on any atom is 0.338 e. The van der Waals surface area contributed by atoms with Crippen LogP contribution in [0.15, 0.2) is 53.6 Å². The van der Waals surface area contributed by atoms with Crippen molar-refractivity contribution in [2.45, 2.75) is 86.5 Å². The minimum atomic E-state index is -1.15. The molecule has 1 aromatic carbocycles. The lowest BCUT2D eigenvalue weighted by Gasteiger charge is -2.68. The second-order valence-electron chi connectivity index (χ2n) is 16.5. The van der Waals surface area contributed by atoms with Crippen molar-refractivity contribution in [2.75, 3.05) is 13.7 Å². The van der Waals surface area contributed by atoms with E-state index in [1.807, 2.05) is 19.1 Å². The van der Waals surface area contributed by atoms with E-state index in [-0.39, 0.29) is 52.9 Å². The molecule has 244 valence electrons. The fourth-order valence-electron chi connectivity index (χ4n) is 11.1. The van der Waals surface area contributed by atoms with Crippen molar-refractivity contribution in [1.82, 2.24) is 0 Å². The molecule has 0 spiro atoms. The summed E-state index contributed by atoms with van der Waals surface area (Å²) in [6, 6.07) is 10.8. The van der Waals surface area contributed by atoms with Gasteiger partial charge in [-0.3, -0.25) is 14.4 Å². The van der Waals surface area contributed by atoms with E-state index in [9.17, 15) is 24.4 Å². The maximum absolute atomic E-state index is 14.7. The molecular formula is C39H47NO6. The zero-order valence-corrected chi connectivity index (χ0v) is 28.3. The van der Waals surface area contributed by atoms with Gasteiger partial charge >= 0.3 is 11.9 Å². The molecule has 0 radical (unpaired) electrons. The van der Waals surface area contributed by atoms with Gasteiger partial charge in [0.2, 0.25) is 0 Å². The van der Waals surface area contributed by atoms with Crippen LogP contribution in [0.5, 0.6) is 0 Å². The van der Waals surface area contributed by atoms with Crippen LogP contribution in [-0.2, 0) is 23.9 Å². The number of Topliss-reactive ketones (excluding diaryl/α,β-unsaturated/α-hetero) is 1.